The molecule has 2 aromatic carbocycles. The summed E-state index contributed by atoms with van der Waals surface area (Å²) in [5, 5.41) is 12.1. The van der Waals surface area contributed by atoms with Gasteiger partial charge in [0.05, 0.1) is 40.7 Å². The van der Waals surface area contributed by atoms with E-state index in [9.17, 15) is 14.7 Å². The molecule has 3 aromatic heterocycles. The molecule has 1 saturated heterocycles. The monoisotopic (exact) mass is 554 g/mol. The van der Waals surface area contributed by atoms with Crippen LogP contribution in [-0.2, 0) is 9.59 Å². The lowest BCUT2D eigenvalue weighted by Crippen LogP contribution is -2.29. The quantitative estimate of drug-likeness (QED) is 0.157. The van der Waals surface area contributed by atoms with Gasteiger partial charge in [0.25, 0.3) is 5.78 Å². The number of rotatable bonds is 7. The predicted octanol–water partition coefficient (Wildman–Crippen LogP) is 5.68. The van der Waals surface area contributed by atoms with E-state index in [4.69, 9.17) is 14.5 Å². The molecule has 1 atom stereocenters. The van der Waals surface area contributed by atoms with E-state index < -0.39 is 17.7 Å². The topological polar surface area (TPSA) is 106 Å². The Morgan fingerprint density at radius 2 is 1.70 bits per heavy atom. The van der Waals surface area contributed by atoms with Crippen molar-refractivity contribution in [3.8, 4) is 11.5 Å². The molecule has 1 unspecified atom stereocenters. The number of pyridine rings is 1. The highest BCUT2D eigenvalue weighted by atomic mass is 32.1. The van der Waals surface area contributed by atoms with E-state index in [-0.39, 0.29) is 11.3 Å². The molecule has 202 valence electrons. The Labute approximate surface area is 233 Å². The van der Waals surface area contributed by atoms with Crippen LogP contribution in [0.15, 0.2) is 72.4 Å². The summed E-state index contributed by atoms with van der Waals surface area (Å²) >= 11 is 1.28. The Bertz CT molecular complexity index is 1800. The third kappa shape index (κ3) is 4.17. The number of ketones is 1. The van der Waals surface area contributed by atoms with Gasteiger partial charge in [-0.15, -0.1) is 0 Å². The van der Waals surface area contributed by atoms with Crippen LogP contribution in [0.4, 0.5) is 5.13 Å². The smallest absolute Gasteiger partial charge is 0.301 e. The lowest BCUT2D eigenvalue weighted by molar-refractivity contribution is -0.132. The van der Waals surface area contributed by atoms with Crippen molar-refractivity contribution in [3.05, 3.63) is 89.4 Å². The maximum Gasteiger partial charge on any atom is 0.301 e. The zero-order chi connectivity index (χ0) is 28.0. The second-order valence-corrected chi connectivity index (χ2v) is 10.2. The standard InChI is InChI=1S/C30H26N4O5S/c1-4-38-19-11-9-18(10-12-19)26-24(27(35)25-17(3)31-23-8-6-7-15-33(23)25)28(36)29(37)34(26)30-32-21-14-13-20(39-5-2)16-22(21)40-30/h6-16,26,35H,4-5H2,1-3H3/b27-24+. The molecule has 1 aliphatic rings. The average molecular weight is 555 g/mol. The van der Waals surface area contributed by atoms with Gasteiger partial charge in [0.2, 0.25) is 0 Å². The number of anilines is 1. The Morgan fingerprint density at radius 3 is 2.45 bits per heavy atom. The van der Waals surface area contributed by atoms with Crippen molar-refractivity contribution < 1.29 is 24.2 Å². The number of carbonyl (C=O) groups is 2. The Kier molecular flexibility index (Phi) is 6.47. The van der Waals surface area contributed by atoms with Crippen LogP contribution in [-0.4, -0.2) is 44.4 Å². The first-order valence-electron chi connectivity index (χ1n) is 12.9. The molecule has 0 bridgehead atoms. The number of aliphatic hydroxyl groups excluding tert-OH is 1. The number of aromatic nitrogens is 3. The minimum Gasteiger partial charge on any atom is -0.505 e. The van der Waals surface area contributed by atoms with E-state index in [2.05, 4.69) is 4.98 Å². The Balaban J connectivity index is 1.55. The second kappa shape index (κ2) is 10.1. The number of amides is 1. The van der Waals surface area contributed by atoms with Crippen LogP contribution in [0.2, 0.25) is 0 Å². The van der Waals surface area contributed by atoms with Crippen LogP contribution in [0.5, 0.6) is 11.5 Å². The van der Waals surface area contributed by atoms with Crippen molar-refractivity contribution in [2.75, 3.05) is 18.1 Å². The van der Waals surface area contributed by atoms with Gasteiger partial charge >= 0.3 is 5.91 Å². The number of hydrogen-bond acceptors (Lipinski definition) is 8. The number of aliphatic hydroxyl groups is 1. The molecular weight excluding hydrogens is 528 g/mol. The zero-order valence-corrected chi connectivity index (χ0v) is 22.9. The summed E-state index contributed by atoms with van der Waals surface area (Å²) in [5.74, 6) is -0.509. The van der Waals surface area contributed by atoms with Gasteiger partial charge in [-0.05, 0) is 68.8 Å². The lowest BCUT2D eigenvalue weighted by atomic mass is 9.96. The molecule has 0 spiro atoms. The molecule has 1 fully saturated rings. The number of imidazole rings is 1. The molecule has 40 heavy (non-hydrogen) atoms. The minimum absolute atomic E-state index is 0.0304. The molecule has 1 aliphatic heterocycles. The molecule has 1 amide bonds. The third-order valence-corrected chi connectivity index (χ3v) is 7.76. The highest BCUT2D eigenvalue weighted by molar-refractivity contribution is 7.22. The number of nitrogens with zero attached hydrogens (tertiary/aromatic N) is 4. The number of thiazole rings is 1. The number of aryl methyl sites for hydroxylation is 1. The summed E-state index contributed by atoms with van der Waals surface area (Å²) in [4.78, 5) is 37.9. The summed E-state index contributed by atoms with van der Waals surface area (Å²) < 4.78 is 13.8. The zero-order valence-electron chi connectivity index (χ0n) is 22.1. The summed E-state index contributed by atoms with van der Waals surface area (Å²) in [6.45, 7) is 6.58. The van der Waals surface area contributed by atoms with E-state index in [1.807, 2.05) is 50.2 Å². The van der Waals surface area contributed by atoms with Gasteiger partial charge in [0, 0.05) is 6.20 Å². The summed E-state index contributed by atoms with van der Waals surface area (Å²) in [5.41, 5.74) is 2.78. The van der Waals surface area contributed by atoms with E-state index in [0.717, 1.165) is 4.70 Å². The molecule has 6 rings (SSSR count). The van der Waals surface area contributed by atoms with Gasteiger partial charge in [-0.3, -0.25) is 18.9 Å². The number of fused-ring (bicyclic) bond motifs is 2. The SMILES string of the molecule is CCOc1ccc(C2/C(=C(\O)c3c(C)nc4ccccn34)C(=O)C(=O)N2c2nc3ccc(OCC)cc3s2)cc1. The van der Waals surface area contributed by atoms with Gasteiger partial charge in [-0.25, -0.2) is 9.97 Å². The van der Waals surface area contributed by atoms with E-state index in [0.29, 0.717) is 58.0 Å². The van der Waals surface area contributed by atoms with Crippen LogP contribution in [0, 0.1) is 6.92 Å². The van der Waals surface area contributed by atoms with Crippen LogP contribution >= 0.6 is 11.3 Å². The summed E-state index contributed by atoms with van der Waals surface area (Å²) in [7, 11) is 0. The molecule has 0 saturated carbocycles. The summed E-state index contributed by atoms with van der Waals surface area (Å²) in [6.07, 6.45) is 1.76. The van der Waals surface area contributed by atoms with Crippen molar-refractivity contribution in [2.24, 2.45) is 0 Å². The number of carbonyl (C=O) groups excluding carboxylic acids is 2. The molecule has 9 nitrogen and oxygen atoms in total. The van der Waals surface area contributed by atoms with Gasteiger partial charge in [0.15, 0.2) is 10.9 Å². The minimum atomic E-state index is -0.920. The molecule has 5 aromatic rings. The van der Waals surface area contributed by atoms with Crippen LogP contribution in [0.1, 0.15) is 36.8 Å². The third-order valence-electron chi connectivity index (χ3n) is 6.75. The first kappa shape index (κ1) is 25.6. The van der Waals surface area contributed by atoms with Crippen molar-refractivity contribution in [2.45, 2.75) is 26.8 Å². The van der Waals surface area contributed by atoms with Gasteiger partial charge < -0.3 is 14.6 Å². The fraction of sp³-hybridized carbons (Fsp3) is 0.200. The highest BCUT2D eigenvalue weighted by Gasteiger charge is 2.48. The van der Waals surface area contributed by atoms with Crippen LogP contribution < -0.4 is 14.4 Å². The first-order valence-corrected chi connectivity index (χ1v) is 13.7. The van der Waals surface area contributed by atoms with Gasteiger partial charge in [0.1, 0.15) is 22.8 Å². The molecule has 10 heteroatoms. The lowest BCUT2D eigenvalue weighted by Gasteiger charge is -2.23. The predicted molar refractivity (Wildman–Crippen MR) is 153 cm³/mol. The van der Waals surface area contributed by atoms with Gasteiger partial charge in [-0.2, -0.15) is 0 Å². The Hall–Kier alpha value is -4.70. The van der Waals surface area contributed by atoms with Crippen molar-refractivity contribution in [3.63, 3.8) is 0 Å². The number of Topliss-reactive ketones (excluding diaryl/α,β-unsaturated/α-hetero) is 1. The first-order chi connectivity index (χ1) is 19.4. The highest BCUT2D eigenvalue weighted by Crippen LogP contribution is 2.45. The molecule has 0 aliphatic carbocycles. The average Bonchev–Trinajstić information content (AvgIpc) is 3.60. The maximum absolute atomic E-state index is 13.7. The van der Waals surface area contributed by atoms with Crippen LogP contribution in [0.25, 0.3) is 21.6 Å². The molecular formula is C30H26N4O5S. The molecule has 4 heterocycles. The maximum atomic E-state index is 13.7. The van der Waals surface area contributed by atoms with E-state index >= 15 is 0 Å². The van der Waals surface area contributed by atoms with E-state index in [1.54, 1.807) is 41.8 Å². The summed E-state index contributed by atoms with van der Waals surface area (Å²) in [6, 6.07) is 17.2. The molecule has 0 radical (unpaired) electrons. The number of benzene rings is 2. The second-order valence-electron chi connectivity index (χ2n) is 9.20. The largest absolute Gasteiger partial charge is 0.505 e. The van der Waals surface area contributed by atoms with Crippen LogP contribution in [0.3, 0.4) is 0 Å². The normalized spacial score (nSPS) is 16.8. The van der Waals surface area contributed by atoms with Crippen molar-refractivity contribution >= 4 is 49.8 Å². The van der Waals surface area contributed by atoms with Gasteiger partial charge in [-0.1, -0.05) is 29.5 Å². The number of ether oxygens (including phenoxy) is 2. The van der Waals surface area contributed by atoms with Crippen molar-refractivity contribution in [1.82, 2.24) is 14.4 Å². The fourth-order valence-corrected chi connectivity index (χ4v) is 6.06. The number of hydrogen-bond donors (Lipinski definition) is 1. The Morgan fingerprint density at radius 1 is 0.975 bits per heavy atom. The molecule has 1 N–H and O–H groups in total. The van der Waals surface area contributed by atoms with Crippen molar-refractivity contribution in [1.29, 1.82) is 0 Å². The fourth-order valence-electron chi connectivity index (χ4n) is 5.04. The van der Waals surface area contributed by atoms with E-state index in [1.165, 1.54) is 16.2 Å².